The highest BCUT2D eigenvalue weighted by Gasteiger charge is 2.29. The molecule has 4 nitrogen and oxygen atoms in total. The van der Waals surface area contributed by atoms with Crippen LogP contribution in [0.4, 0.5) is 0 Å². The predicted octanol–water partition coefficient (Wildman–Crippen LogP) is 8.00. The van der Waals surface area contributed by atoms with E-state index in [-0.39, 0.29) is 0 Å². The van der Waals surface area contributed by atoms with Gasteiger partial charge in [-0.05, 0) is 168 Å². The minimum Gasteiger partial charge on any atom is -0.422 e. The summed E-state index contributed by atoms with van der Waals surface area (Å²) in [5.74, 6) is 0. The molecule has 0 N–H and O–H groups in total. The van der Waals surface area contributed by atoms with Crippen molar-refractivity contribution < 1.29 is 4.43 Å². The van der Waals surface area contributed by atoms with Crippen LogP contribution in [0.15, 0.2) is 0 Å². The molecule has 0 saturated carbocycles. The van der Waals surface area contributed by atoms with Crippen molar-refractivity contribution in [3.63, 3.8) is 0 Å². The molecule has 0 radical (unpaired) electrons. The quantitative estimate of drug-likeness (QED) is 0.0687. The van der Waals surface area contributed by atoms with Crippen LogP contribution in [0.2, 0.25) is 6.04 Å². The third-order valence-corrected chi connectivity index (χ3v) is 9.63. The lowest BCUT2D eigenvalue weighted by atomic mass is 9.73. The molecule has 0 amide bonds. The van der Waals surface area contributed by atoms with Crippen LogP contribution in [0.5, 0.6) is 0 Å². The summed E-state index contributed by atoms with van der Waals surface area (Å²) in [6, 6.07) is 1.35. The van der Waals surface area contributed by atoms with Gasteiger partial charge in [-0.15, -0.1) is 0 Å². The molecular formula is C33H73N3OSi. The predicted molar refractivity (Wildman–Crippen MR) is 175 cm³/mol. The van der Waals surface area contributed by atoms with Crippen LogP contribution >= 0.6 is 0 Å². The SMILES string of the molecule is CCCN(CCC)CCCC(CCCN(CCC)CCC)(CCCN(CCC)CCC)CC[SiH2]OC(C)C. The Bertz CT molecular complexity index is 418. The van der Waals surface area contributed by atoms with Gasteiger partial charge in [-0.25, -0.2) is 0 Å². The highest BCUT2D eigenvalue weighted by molar-refractivity contribution is 6.27. The van der Waals surface area contributed by atoms with Gasteiger partial charge in [-0.2, -0.15) is 0 Å². The summed E-state index contributed by atoms with van der Waals surface area (Å²) in [7, 11) is -0.413. The monoisotopic (exact) mass is 556 g/mol. The molecule has 0 rings (SSSR count). The molecule has 38 heavy (non-hydrogen) atoms. The van der Waals surface area contributed by atoms with Crippen LogP contribution in [0.3, 0.4) is 0 Å². The molecule has 0 spiro atoms. The molecule has 0 aromatic rings. The van der Waals surface area contributed by atoms with Crippen molar-refractivity contribution in [2.24, 2.45) is 5.41 Å². The fourth-order valence-corrected chi connectivity index (χ4v) is 7.99. The summed E-state index contributed by atoms with van der Waals surface area (Å²) in [4.78, 5) is 8.20. The lowest BCUT2D eigenvalue weighted by Gasteiger charge is -2.37. The maximum atomic E-state index is 6.17. The van der Waals surface area contributed by atoms with E-state index in [4.69, 9.17) is 4.43 Å². The maximum absolute atomic E-state index is 6.17. The van der Waals surface area contributed by atoms with Crippen molar-refractivity contribution in [2.45, 2.75) is 151 Å². The van der Waals surface area contributed by atoms with Crippen molar-refractivity contribution in [2.75, 3.05) is 58.9 Å². The van der Waals surface area contributed by atoms with Crippen molar-refractivity contribution in [1.82, 2.24) is 14.7 Å². The molecule has 0 aliphatic carbocycles. The van der Waals surface area contributed by atoms with E-state index in [1.165, 1.54) is 148 Å². The largest absolute Gasteiger partial charge is 0.422 e. The van der Waals surface area contributed by atoms with E-state index in [0.29, 0.717) is 11.5 Å². The molecule has 5 heteroatoms. The van der Waals surface area contributed by atoms with Crippen molar-refractivity contribution in [3.8, 4) is 0 Å². The molecule has 230 valence electrons. The molecule has 0 saturated heterocycles. The average molecular weight is 556 g/mol. The Morgan fingerprint density at radius 1 is 0.500 bits per heavy atom. The van der Waals surface area contributed by atoms with Gasteiger partial charge in [-0.3, -0.25) is 0 Å². The summed E-state index contributed by atoms with van der Waals surface area (Å²) in [5, 5.41) is 0. The lowest BCUT2D eigenvalue weighted by molar-refractivity contribution is 0.150. The van der Waals surface area contributed by atoms with E-state index >= 15 is 0 Å². The Labute approximate surface area is 244 Å². The minimum atomic E-state index is -0.413. The highest BCUT2D eigenvalue weighted by atomic mass is 28.2. The van der Waals surface area contributed by atoms with E-state index in [1.54, 1.807) is 0 Å². The first-order valence-electron chi connectivity index (χ1n) is 17.2. The van der Waals surface area contributed by atoms with Crippen molar-refractivity contribution >= 4 is 9.76 Å². The van der Waals surface area contributed by atoms with E-state index in [2.05, 4.69) is 70.1 Å². The van der Waals surface area contributed by atoms with Gasteiger partial charge in [0.25, 0.3) is 0 Å². The molecule has 0 aliphatic rings. The first kappa shape index (κ1) is 38.1. The van der Waals surface area contributed by atoms with Gasteiger partial charge in [0.1, 0.15) is 0 Å². The molecule has 0 unspecified atom stereocenters. The van der Waals surface area contributed by atoms with Gasteiger partial charge in [0.2, 0.25) is 0 Å². The van der Waals surface area contributed by atoms with E-state index in [1.807, 2.05) is 0 Å². The topological polar surface area (TPSA) is 19.0 Å². The number of nitrogens with zero attached hydrogens (tertiary/aromatic N) is 3. The summed E-state index contributed by atoms with van der Waals surface area (Å²) in [6.45, 7) is 29.9. The highest BCUT2D eigenvalue weighted by Crippen LogP contribution is 2.40. The molecule has 0 aliphatic heterocycles. The summed E-state index contributed by atoms with van der Waals surface area (Å²) in [5.41, 5.74) is 0.506. The first-order valence-corrected chi connectivity index (χ1v) is 18.8. The van der Waals surface area contributed by atoms with E-state index in [9.17, 15) is 0 Å². The van der Waals surface area contributed by atoms with Crippen LogP contribution in [0.1, 0.15) is 139 Å². The lowest BCUT2D eigenvalue weighted by Crippen LogP contribution is -2.32. The molecule has 0 fully saturated rings. The third-order valence-electron chi connectivity index (χ3n) is 8.09. The van der Waals surface area contributed by atoms with Crippen LogP contribution in [0.25, 0.3) is 0 Å². The summed E-state index contributed by atoms with van der Waals surface area (Å²) in [6.07, 6.45) is 17.8. The van der Waals surface area contributed by atoms with Gasteiger partial charge in [0.05, 0.1) is 0 Å². The van der Waals surface area contributed by atoms with Gasteiger partial charge < -0.3 is 19.1 Å². The molecule has 0 bridgehead atoms. The Kier molecular flexibility index (Phi) is 26.0. The van der Waals surface area contributed by atoms with Crippen molar-refractivity contribution in [1.29, 1.82) is 0 Å². The number of rotatable bonds is 29. The zero-order valence-corrected chi connectivity index (χ0v) is 29.2. The fraction of sp³-hybridized carbons (Fsp3) is 1.00. The van der Waals surface area contributed by atoms with Gasteiger partial charge in [0, 0.05) is 6.10 Å². The normalized spacial score (nSPS) is 12.9. The van der Waals surface area contributed by atoms with E-state index in [0.717, 1.165) is 0 Å². The van der Waals surface area contributed by atoms with Crippen LogP contribution in [0, 0.1) is 5.41 Å². The summed E-state index contributed by atoms with van der Waals surface area (Å²) < 4.78 is 6.17. The fourth-order valence-electron chi connectivity index (χ4n) is 6.45. The zero-order chi connectivity index (χ0) is 28.5. The van der Waals surface area contributed by atoms with Crippen LogP contribution in [-0.2, 0) is 4.43 Å². The Morgan fingerprint density at radius 3 is 1.08 bits per heavy atom. The van der Waals surface area contributed by atoms with Gasteiger partial charge in [0.15, 0.2) is 9.76 Å². The van der Waals surface area contributed by atoms with Gasteiger partial charge in [-0.1, -0.05) is 41.5 Å². The molecular weight excluding hydrogens is 482 g/mol. The van der Waals surface area contributed by atoms with Crippen molar-refractivity contribution in [3.05, 3.63) is 0 Å². The van der Waals surface area contributed by atoms with Crippen LogP contribution < -0.4 is 0 Å². The second kappa shape index (κ2) is 26.0. The third kappa shape index (κ3) is 20.0. The minimum absolute atomic E-state index is 0.404. The Hall–Kier alpha value is 0.0569. The molecule has 0 aromatic carbocycles. The maximum Gasteiger partial charge on any atom is 0.161 e. The average Bonchev–Trinajstić information content (AvgIpc) is 2.87. The second-order valence-corrected chi connectivity index (χ2v) is 13.8. The molecule has 0 atom stereocenters. The Balaban J connectivity index is 5.51. The number of hydrogen-bond donors (Lipinski definition) is 0. The molecule has 0 aromatic heterocycles. The number of hydrogen-bond acceptors (Lipinski definition) is 4. The van der Waals surface area contributed by atoms with Crippen LogP contribution in [-0.4, -0.2) is 89.5 Å². The standard InChI is InChI=1S/C33H73N3OSi/c1-9-22-34(23-10-2)28-15-18-33(21-31-38-37-32(7)8,19-16-29-35(24-11-3)25-12-4)20-17-30-36(26-13-5)27-14-6/h32H,9-31,38H2,1-8H3. The van der Waals surface area contributed by atoms with Gasteiger partial charge >= 0.3 is 0 Å². The molecule has 0 heterocycles. The second-order valence-electron chi connectivity index (χ2n) is 12.4. The Morgan fingerprint density at radius 2 is 0.816 bits per heavy atom. The first-order chi connectivity index (χ1) is 18.4. The summed E-state index contributed by atoms with van der Waals surface area (Å²) >= 11 is 0. The zero-order valence-electron chi connectivity index (χ0n) is 27.8. The van der Waals surface area contributed by atoms with E-state index < -0.39 is 9.76 Å². The smallest absolute Gasteiger partial charge is 0.161 e.